The Bertz CT molecular complexity index is 1200. The van der Waals surface area contributed by atoms with Gasteiger partial charge in [-0.1, -0.05) is 6.07 Å². The third kappa shape index (κ3) is 2.56. The van der Waals surface area contributed by atoms with Crippen LogP contribution in [-0.2, 0) is 0 Å². The molecule has 136 valence electrons. The van der Waals surface area contributed by atoms with E-state index in [1.54, 1.807) is 23.6 Å². The van der Waals surface area contributed by atoms with E-state index >= 15 is 0 Å². The topological polar surface area (TPSA) is 63.6 Å². The minimum absolute atomic E-state index is 0.265. The van der Waals surface area contributed by atoms with Crippen molar-refractivity contribution in [1.29, 1.82) is 0 Å². The second-order valence-electron chi connectivity index (χ2n) is 6.72. The van der Waals surface area contributed by atoms with Crippen molar-refractivity contribution in [2.45, 2.75) is 12.8 Å². The van der Waals surface area contributed by atoms with Crippen molar-refractivity contribution in [3.05, 3.63) is 54.3 Å². The molecule has 0 bridgehead atoms. The van der Waals surface area contributed by atoms with Crippen LogP contribution in [0.1, 0.15) is 16.4 Å². The zero-order valence-corrected chi connectivity index (χ0v) is 14.3. The molecule has 0 N–H and O–H groups in total. The molecule has 0 radical (unpaired) electrons. The average molecular weight is 368 g/mol. The molecule has 1 fully saturated rings. The highest BCUT2D eigenvalue weighted by Gasteiger charge is 2.46. The number of oxazole rings is 1. The molecule has 1 aromatic carbocycles. The van der Waals surface area contributed by atoms with Crippen LogP contribution in [0.5, 0.6) is 0 Å². The number of hydrogen-bond acceptors (Lipinski definition) is 4. The number of aromatic nitrogens is 3. The van der Waals surface area contributed by atoms with Gasteiger partial charge in [-0.2, -0.15) is 0 Å². The molecule has 3 aromatic heterocycles. The molecule has 27 heavy (non-hydrogen) atoms. The summed E-state index contributed by atoms with van der Waals surface area (Å²) in [5.41, 5.74) is 4.05. The van der Waals surface area contributed by atoms with Crippen LogP contribution in [0.25, 0.3) is 27.9 Å². The molecule has 0 aliphatic carbocycles. The highest BCUT2D eigenvalue weighted by atomic mass is 19.3. The number of carbonyl (C=O) groups is 1. The van der Waals surface area contributed by atoms with Gasteiger partial charge in [-0.15, -0.1) is 0 Å². The van der Waals surface area contributed by atoms with Gasteiger partial charge in [0.25, 0.3) is 11.8 Å². The van der Waals surface area contributed by atoms with Gasteiger partial charge in [0.1, 0.15) is 16.9 Å². The van der Waals surface area contributed by atoms with Crippen LogP contribution in [0, 0.1) is 6.92 Å². The Balaban J connectivity index is 1.55. The van der Waals surface area contributed by atoms with Gasteiger partial charge < -0.3 is 9.32 Å². The molecular weight excluding hydrogens is 354 g/mol. The summed E-state index contributed by atoms with van der Waals surface area (Å²) in [6.07, 6.45) is 3.20. The first kappa shape index (κ1) is 15.9. The fourth-order valence-electron chi connectivity index (χ4n) is 3.35. The van der Waals surface area contributed by atoms with Gasteiger partial charge in [-0.25, -0.2) is 18.7 Å². The molecule has 4 aromatic rings. The summed E-state index contributed by atoms with van der Waals surface area (Å²) >= 11 is 0. The summed E-state index contributed by atoms with van der Waals surface area (Å²) in [6, 6.07) is 9.33. The predicted molar refractivity (Wildman–Crippen MR) is 93.8 cm³/mol. The Labute approximate surface area is 152 Å². The Kier molecular flexibility index (Phi) is 3.16. The molecule has 1 aliphatic rings. The average Bonchev–Trinajstić information content (AvgIpc) is 3.19. The Morgan fingerprint density at radius 2 is 1.96 bits per heavy atom. The Morgan fingerprint density at radius 1 is 1.19 bits per heavy atom. The molecule has 0 unspecified atom stereocenters. The van der Waals surface area contributed by atoms with E-state index in [1.807, 2.05) is 24.3 Å². The molecule has 8 heteroatoms. The lowest BCUT2D eigenvalue weighted by atomic mass is 10.1. The number of fused-ring (bicyclic) bond motifs is 2. The van der Waals surface area contributed by atoms with Crippen LogP contribution in [0.2, 0.25) is 0 Å². The van der Waals surface area contributed by atoms with E-state index in [4.69, 9.17) is 4.42 Å². The summed E-state index contributed by atoms with van der Waals surface area (Å²) in [4.78, 5) is 22.2. The quantitative estimate of drug-likeness (QED) is 0.543. The zero-order valence-electron chi connectivity index (χ0n) is 14.3. The lowest BCUT2D eigenvalue weighted by Crippen LogP contribution is -2.58. The number of likely N-dealkylation sites (tertiary alicyclic amines) is 1. The first-order valence-corrected chi connectivity index (χ1v) is 8.41. The van der Waals surface area contributed by atoms with Crippen molar-refractivity contribution in [2.24, 2.45) is 0 Å². The van der Waals surface area contributed by atoms with Crippen LogP contribution in [0.3, 0.4) is 0 Å². The number of pyridine rings is 1. The molecule has 0 spiro atoms. The second-order valence-corrected chi connectivity index (χ2v) is 6.72. The van der Waals surface area contributed by atoms with Crippen LogP contribution in [-0.4, -0.2) is 44.2 Å². The molecule has 6 nitrogen and oxygen atoms in total. The number of rotatable bonds is 2. The van der Waals surface area contributed by atoms with Crippen LogP contribution >= 0.6 is 0 Å². The van der Waals surface area contributed by atoms with E-state index in [-0.39, 0.29) is 5.69 Å². The van der Waals surface area contributed by atoms with Crippen LogP contribution in [0.4, 0.5) is 8.78 Å². The predicted octanol–water partition coefficient (Wildman–Crippen LogP) is 3.54. The van der Waals surface area contributed by atoms with Crippen LogP contribution < -0.4 is 0 Å². The van der Waals surface area contributed by atoms with E-state index in [1.165, 1.54) is 6.20 Å². The van der Waals surface area contributed by atoms with Crippen molar-refractivity contribution in [2.75, 3.05) is 13.1 Å². The summed E-state index contributed by atoms with van der Waals surface area (Å²) in [7, 11) is 0. The minimum Gasteiger partial charge on any atom is -0.441 e. The first-order valence-electron chi connectivity index (χ1n) is 8.41. The number of hydrogen-bond donors (Lipinski definition) is 0. The van der Waals surface area contributed by atoms with Crippen molar-refractivity contribution < 1.29 is 18.0 Å². The van der Waals surface area contributed by atoms with Crippen molar-refractivity contribution >= 4 is 22.7 Å². The van der Waals surface area contributed by atoms with Gasteiger partial charge >= 0.3 is 0 Å². The molecule has 0 atom stereocenters. The molecule has 1 saturated heterocycles. The maximum absolute atomic E-state index is 13.1. The molecule has 0 saturated carbocycles. The van der Waals surface area contributed by atoms with Gasteiger partial charge in [-0.05, 0) is 35.4 Å². The minimum atomic E-state index is -2.80. The van der Waals surface area contributed by atoms with Crippen molar-refractivity contribution in [1.82, 2.24) is 19.3 Å². The standard InChI is InChI=1S/C19H14F2N4O2/c1-11-23-14-6-12(2-4-16(14)27-11)13-3-5-17-22-7-15(25(17)8-13)18(26)24-9-19(20,21)10-24/h2-8H,9-10H2,1H3. The number of halogens is 2. The normalized spacial score (nSPS) is 16.0. The van der Waals surface area contributed by atoms with Crippen molar-refractivity contribution in [3.63, 3.8) is 0 Å². The molecular formula is C19H14F2N4O2. The lowest BCUT2D eigenvalue weighted by molar-refractivity contribution is -0.113. The van der Waals surface area contributed by atoms with E-state index < -0.39 is 24.9 Å². The van der Waals surface area contributed by atoms with Gasteiger partial charge in [0.15, 0.2) is 11.5 Å². The highest BCUT2D eigenvalue weighted by Crippen LogP contribution is 2.29. The number of imidazole rings is 1. The fraction of sp³-hybridized carbons (Fsp3) is 0.211. The lowest BCUT2D eigenvalue weighted by Gasteiger charge is -2.38. The summed E-state index contributed by atoms with van der Waals surface area (Å²) < 4.78 is 33.3. The molecule has 5 rings (SSSR count). The monoisotopic (exact) mass is 368 g/mol. The van der Waals surface area contributed by atoms with E-state index in [2.05, 4.69) is 9.97 Å². The van der Waals surface area contributed by atoms with Gasteiger partial charge in [0, 0.05) is 13.1 Å². The number of benzene rings is 1. The smallest absolute Gasteiger partial charge is 0.282 e. The summed E-state index contributed by atoms with van der Waals surface area (Å²) in [5, 5.41) is 0. The highest BCUT2D eigenvalue weighted by molar-refractivity contribution is 5.94. The maximum atomic E-state index is 13.1. The molecule has 1 aliphatic heterocycles. The van der Waals surface area contributed by atoms with Gasteiger partial charge in [0.2, 0.25) is 0 Å². The molecule has 4 heterocycles. The van der Waals surface area contributed by atoms with Gasteiger partial charge in [0.05, 0.1) is 19.3 Å². The summed E-state index contributed by atoms with van der Waals surface area (Å²) in [5.74, 6) is -2.66. The van der Waals surface area contributed by atoms with E-state index in [0.717, 1.165) is 21.5 Å². The summed E-state index contributed by atoms with van der Waals surface area (Å²) in [6.45, 7) is 0.677. The largest absolute Gasteiger partial charge is 0.441 e. The fourth-order valence-corrected chi connectivity index (χ4v) is 3.35. The van der Waals surface area contributed by atoms with Crippen LogP contribution in [0.15, 0.2) is 47.1 Å². The third-order valence-corrected chi connectivity index (χ3v) is 4.68. The zero-order chi connectivity index (χ0) is 18.8. The number of nitrogens with zero attached hydrogens (tertiary/aromatic N) is 4. The SMILES string of the molecule is Cc1nc2cc(-c3ccc4ncc(C(=O)N5CC(F)(F)C5)n4c3)ccc2o1. The number of amides is 1. The van der Waals surface area contributed by atoms with Gasteiger partial charge in [-0.3, -0.25) is 9.20 Å². The molecule has 1 amide bonds. The number of aryl methyl sites for hydroxylation is 1. The first-order chi connectivity index (χ1) is 12.9. The third-order valence-electron chi connectivity index (χ3n) is 4.68. The number of alkyl halides is 2. The van der Waals surface area contributed by atoms with Crippen molar-refractivity contribution in [3.8, 4) is 11.1 Å². The van der Waals surface area contributed by atoms with E-state index in [9.17, 15) is 13.6 Å². The maximum Gasteiger partial charge on any atom is 0.282 e. The number of carbonyl (C=O) groups excluding carboxylic acids is 1. The Morgan fingerprint density at radius 3 is 2.74 bits per heavy atom. The Hall–Kier alpha value is -3.29. The second kappa shape index (κ2) is 5.35. The van der Waals surface area contributed by atoms with E-state index in [0.29, 0.717) is 17.1 Å².